The number of nitrogens with zero attached hydrogens (tertiary/aromatic N) is 3. The molecule has 0 aliphatic carbocycles. The first-order chi connectivity index (χ1) is 17.0. The number of urea groups is 1. The van der Waals surface area contributed by atoms with Crippen LogP contribution < -0.4 is 10.6 Å². The Morgan fingerprint density at radius 1 is 1.06 bits per heavy atom. The molecule has 0 fully saturated rings. The van der Waals surface area contributed by atoms with Crippen LogP contribution in [0.3, 0.4) is 0 Å². The van der Waals surface area contributed by atoms with Crippen LogP contribution in [0.4, 0.5) is 16.3 Å². The molecule has 0 bridgehead atoms. The first-order valence-corrected chi connectivity index (χ1v) is 13.4. The molecular formula is C28H37N5O2S. The number of rotatable bonds is 8. The van der Waals surface area contributed by atoms with Gasteiger partial charge in [0.2, 0.25) is 5.91 Å². The molecule has 7 nitrogen and oxygen atoms in total. The molecule has 8 heteroatoms. The Morgan fingerprint density at radius 3 is 2.31 bits per heavy atom. The predicted octanol–water partition coefficient (Wildman–Crippen LogP) is 6.33. The second-order valence-corrected chi connectivity index (χ2v) is 11.2. The fourth-order valence-electron chi connectivity index (χ4n) is 3.71. The smallest absolute Gasteiger partial charge is 0.315 e. The van der Waals surface area contributed by atoms with E-state index in [9.17, 15) is 9.59 Å². The monoisotopic (exact) mass is 507 g/mol. The van der Waals surface area contributed by atoms with Gasteiger partial charge in [0, 0.05) is 28.6 Å². The van der Waals surface area contributed by atoms with Crippen LogP contribution in [0.25, 0.3) is 5.69 Å². The molecule has 3 amide bonds. The average molecular weight is 508 g/mol. The minimum atomic E-state index is -0.307. The Balaban J connectivity index is 1.81. The zero-order valence-electron chi connectivity index (χ0n) is 22.3. The second kappa shape index (κ2) is 11.6. The molecule has 0 radical (unpaired) electrons. The van der Waals surface area contributed by atoms with Crippen molar-refractivity contribution in [1.82, 2.24) is 14.7 Å². The van der Waals surface area contributed by atoms with Gasteiger partial charge >= 0.3 is 6.03 Å². The van der Waals surface area contributed by atoms with Crippen LogP contribution >= 0.6 is 11.8 Å². The summed E-state index contributed by atoms with van der Waals surface area (Å²) in [7, 11) is 0. The second-order valence-electron chi connectivity index (χ2n) is 10.3. The number of aromatic nitrogens is 2. The van der Waals surface area contributed by atoms with Gasteiger partial charge in [0.1, 0.15) is 12.4 Å². The van der Waals surface area contributed by atoms with E-state index in [2.05, 4.69) is 31.4 Å². The highest BCUT2D eigenvalue weighted by atomic mass is 32.2. The zero-order chi connectivity index (χ0) is 26.5. The van der Waals surface area contributed by atoms with E-state index in [1.807, 2.05) is 81.6 Å². The largest absolute Gasteiger partial charge is 0.322 e. The van der Waals surface area contributed by atoms with E-state index < -0.39 is 0 Å². The summed E-state index contributed by atoms with van der Waals surface area (Å²) in [6.07, 6.45) is 2.01. The molecule has 0 saturated carbocycles. The lowest BCUT2D eigenvalue weighted by Gasteiger charge is -2.24. The maximum Gasteiger partial charge on any atom is 0.322 e. The number of nitrogens with one attached hydrogen (secondary N) is 2. The van der Waals surface area contributed by atoms with E-state index in [1.54, 1.807) is 21.3 Å². The quantitative estimate of drug-likeness (QED) is 0.349. The lowest BCUT2D eigenvalue weighted by Crippen LogP contribution is -2.42. The lowest BCUT2D eigenvalue weighted by atomic mass is 9.92. The van der Waals surface area contributed by atoms with Crippen LogP contribution in [0.5, 0.6) is 0 Å². The number of amides is 3. The van der Waals surface area contributed by atoms with Crippen LogP contribution in [-0.2, 0) is 10.2 Å². The van der Waals surface area contributed by atoms with Crippen LogP contribution in [-0.4, -0.2) is 46.0 Å². The Labute approximate surface area is 218 Å². The summed E-state index contributed by atoms with van der Waals surface area (Å²) < 4.78 is 1.77. The first-order valence-electron chi connectivity index (χ1n) is 12.1. The average Bonchev–Trinajstić information content (AvgIpc) is 3.23. The summed E-state index contributed by atoms with van der Waals surface area (Å²) in [4.78, 5) is 28.9. The van der Waals surface area contributed by atoms with Gasteiger partial charge in [-0.2, -0.15) is 5.10 Å². The molecule has 0 unspecified atom stereocenters. The minimum Gasteiger partial charge on any atom is -0.315 e. The normalized spacial score (nSPS) is 11.4. The molecule has 0 aliphatic rings. The topological polar surface area (TPSA) is 79.3 Å². The van der Waals surface area contributed by atoms with Gasteiger partial charge in [0.25, 0.3) is 0 Å². The van der Waals surface area contributed by atoms with Crippen molar-refractivity contribution < 1.29 is 9.59 Å². The van der Waals surface area contributed by atoms with Gasteiger partial charge in [0.15, 0.2) is 0 Å². The van der Waals surface area contributed by atoms with E-state index in [1.165, 1.54) is 0 Å². The van der Waals surface area contributed by atoms with Gasteiger partial charge < -0.3 is 15.5 Å². The molecule has 0 spiro atoms. The molecule has 2 aromatic carbocycles. The van der Waals surface area contributed by atoms with Crippen molar-refractivity contribution in [2.75, 3.05) is 30.0 Å². The number of anilines is 2. The fourth-order valence-corrected chi connectivity index (χ4v) is 4.12. The molecule has 0 saturated heterocycles. The Kier molecular flexibility index (Phi) is 8.84. The molecule has 0 aliphatic heterocycles. The Hall–Kier alpha value is -3.26. The standard InChI is InChI=1S/C28H37N5O2S/c1-19(2)17-32(27(35)29-21-12-14-22(36-7)15-13-21)18-26(34)30-25-16-24(28(4,5)6)31-33(25)23-11-9-8-10-20(23)3/h8-16,19H,17-18H2,1-7H3,(H,29,35)(H,30,34). The number of para-hydroxylation sites is 1. The first kappa shape index (κ1) is 27.3. The number of benzene rings is 2. The SMILES string of the molecule is CSc1ccc(NC(=O)N(CC(=O)Nc2cc(C(C)(C)C)nn2-c2ccccc2C)CC(C)C)cc1. The van der Waals surface area contributed by atoms with Crippen molar-refractivity contribution in [3.63, 3.8) is 0 Å². The maximum atomic E-state index is 13.2. The summed E-state index contributed by atoms with van der Waals surface area (Å²) in [5, 5.41) is 10.7. The van der Waals surface area contributed by atoms with E-state index >= 15 is 0 Å². The molecule has 2 N–H and O–H groups in total. The van der Waals surface area contributed by atoms with Crippen LogP contribution in [0, 0.1) is 12.8 Å². The van der Waals surface area contributed by atoms with Gasteiger partial charge in [-0.15, -0.1) is 11.8 Å². The van der Waals surface area contributed by atoms with Crippen molar-refractivity contribution >= 4 is 35.2 Å². The van der Waals surface area contributed by atoms with Crippen molar-refractivity contribution in [3.8, 4) is 5.69 Å². The zero-order valence-corrected chi connectivity index (χ0v) is 23.1. The van der Waals surface area contributed by atoms with E-state index in [4.69, 9.17) is 5.10 Å². The van der Waals surface area contributed by atoms with E-state index in [0.29, 0.717) is 18.1 Å². The van der Waals surface area contributed by atoms with Crippen LogP contribution in [0.1, 0.15) is 45.9 Å². The van der Waals surface area contributed by atoms with Crippen molar-refractivity contribution in [2.45, 2.75) is 51.9 Å². The van der Waals surface area contributed by atoms with E-state index in [0.717, 1.165) is 21.8 Å². The highest BCUT2D eigenvalue weighted by molar-refractivity contribution is 7.98. The third-order valence-electron chi connectivity index (χ3n) is 5.64. The van der Waals surface area contributed by atoms with E-state index in [-0.39, 0.29) is 29.8 Å². The number of carbonyl (C=O) groups excluding carboxylic acids is 2. The summed E-state index contributed by atoms with van der Waals surface area (Å²) >= 11 is 1.64. The fraction of sp³-hybridized carbons (Fsp3) is 0.393. The third kappa shape index (κ3) is 7.13. The summed E-state index contributed by atoms with van der Waals surface area (Å²) in [6.45, 7) is 12.7. The molecule has 3 aromatic rings. The number of hydrogen-bond donors (Lipinski definition) is 2. The van der Waals surface area contributed by atoms with Gasteiger partial charge in [-0.25, -0.2) is 9.48 Å². The van der Waals surface area contributed by atoms with Crippen LogP contribution in [0.15, 0.2) is 59.5 Å². The van der Waals surface area contributed by atoms with Gasteiger partial charge in [0.05, 0.1) is 11.4 Å². The lowest BCUT2D eigenvalue weighted by molar-refractivity contribution is -0.116. The number of hydrogen-bond acceptors (Lipinski definition) is 4. The molecular weight excluding hydrogens is 470 g/mol. The number of carbonyl (C=O) groups is 2. The third-order valence-corrected chi connectivity index (χ3v) is 6.38. The van der Waals surface area contributed by atoms with Crippen molar-refractivity contribution in [2.24, 2.45) is 5.92 Å². The maximum absolute atomic E-state index is 13.2. The minimum absolute atomic E-state index is 0.0727. The van der Waals surface area contributed by atoms with Crippen LogP contribution in [0.2, 0.25) is 0 Å². The highest BCUT2D eigenvalue weighted by Gasteiger charge is 2.24. The van der Waals surface area contributed by atoms with Crippen molar-refractivity contribution in [1.29, 1.82) is 0 Å². The molecule has 1 heterocycles. The number of aryl methyl sites for hydroxylation is 1. The molecule has 3 rings (SSSR count). The molecule has 0 atom stereocenters. The number of thioether (sulfide) groups is 1. The predicted molar refractivity (Wildman–Crippen MR) is 149 cm³/mol. The highest BCUT2D eigenvalue weighted by Crippen LogP contribution is 2.27. The summed E-state index contributed by atoms with van der Waals surface area (Å²) in [6, 6.07) is 17.2. The summed E-state index contributed by atoms with van der Waals surface area (Å²) in [5.74, 6) is 0.503. The summed E-state index contributed by atoms with van der Waals surface area (Å²) in [5.41, 5.74) is 3.31. The van der Waals surface area contributed by atoms with Gasteiger partial charge in [-0.1, -0.05) is 52.8 Å². The Bertz CT molecular complexity index is 1200. The molecule has 36 heavy (non-hydrogen) atoms. The van der Waals surface area contributed by atoms with Gasteiger partial charge in [-0.3, -0.25) is 4.79 Å². The van der Waals surface area contributed by atoms with Gasteiger partial charge in [-0.05, 0) is 55.0 Å². The molecule has 1 aromatic heterocycles. The molecule has 192 valence electrons. The Morgan fingerprint density at radius 2 is 1.72 bits per heavy atom. The van der Waals surface area contributed by atoms with Crippen molar-refractivity contribution in [3.05, 3.63) is 65.9 Å².